The highest BCUT2D eigenvalue weighted by Crippen LogP contribution is 2.28. The van der Waals surface area contributed by atoms with Gasteiger partial charge >= 0.3 is 0 Å². The summed E-state index contributed by atoms with van der Waals surface area (Å²) in [5, 5.41) is 10.1. The van der Waals surface area contributed by atoms with Gasteiger partial charge < -0.3 is 10.0 Å². The fourth-order valence-corrected chi connectivity index (χ4v) is 2.89. The monoisotopic (exact) mass is 361 g/mol. The van der Waals surface area contributed by atoms with E-state index in [1.54, 1.807) is 48.5 Å². The highest BCUT2D eigenvalue weighted by atomic mass is 19.1. The largest absolute Gasteiger partial charge is 0.506 e. The number of carbonyl (C=O) groups is 1. The Bertz CT molecular complexity index is 1010. The van der Waals surface area contributed by atoms with Crippen molar-refractivity contribution in [3.8, 4) is 16.9 Å². The van der Waals surface area contributed by atoms with Crippen molar-refractivity contribution in [3.63, 3.8) is 0 Å². The van der Waals surface area contributed by atoms with E-state index in [9.17, 15) is 14.3 Å². The molecule has 0 fully saturated rings. The van der Waals surface area contributed by atoms with Crippen molar-refractivity contribution >= 4 is 17.5 Å². The van der Waals surface area contributed by atoms with Crippen LogP contribution in [-0.4, -0.2) is 25.0 Å². The van der Waals surface area contributed by atoms with Crippen molar-refractivity contribution in [1.82, 2.24) is 0 Å². The first-order valence-electron chi connectivity index (χ1n) is 8.53. The molecule has 0 aromatic heterocycles. The number of aromatic hydroxyl groups is 1. The van der Waals surface area contributed by atoms with Gasteiger partial charge in [0.2, 0.25) is 0 Å². The van der Waals surface area contributed by atoms with Crippen molar-refractivity contribution in [2.75, 3.05) is 19.0 Å². The van der Waals surface area contributed by atoms with Gasteiger partial charge in [-0.15, -0.1) is 0 Å². The van der Waals surface area contributed by atoms with Gasteiger partial charge in [-0.2, -0.15) is 0 Å². The zero-order chi connectivity index (χ0) is 19.4. The summed E-state index contributed by atoms with van der Waals surface area (Å²) in [6, 6.07) is 18.5. The summed E-state index contributed by atoms with van der Waals surface area (Å²) in [5.41, 5.74) is 3.25. The summed E-state index contributed by atoms with van der Waals surface area (Å²) in [6.45, 7) is 0. The number of ketones is 1. The fraction of sp³-hybridized carbons (Fsp3) is 0.0870. The van der Waals surface area contributed by atoms with Crippen molar-refractivity contribution in [2.45, 2.75) is 0 Å². The van der Waals surface area contributed by atoms with E-state index in [0.29, 0.717) is 22.4 Å². The summed E-state index contributed by atoms with van der Waals surface area (Å²) < 4.78 is 13.6. The molecule has 0 radical (unpaired) electrons. The number of phenolic OH excluding ortho intramolecular Hbond substituents is 1. The number of allylic oxidation sites excluding steroid dienone is 1. The quantitative estimate of drug-likeness (QED) is 0.504. The van der Waals surface area contributed by atoms with Crippen LogP contribution in [0, 0.1) is 5.82 Å². The number of rotatable bonds is 5. The van der Waals surface area contributed by atoms with Crippen LogP contribution in [0.2, 0.25) is 0 Å². The molecular formula is C23H20FNO2. The third-order valence-electron chi connectivity index (χ3n) is 4.24. The number of phenols is 1. The molecule has 0 aliphatic rings. The molecule has 0 aliphatic heterocycles. The minimum absolute atomic E-state index is 0.148. The Hall–Kier alpha value is -3.40. The molecule has 3 rings (SSSR count). The fourth-order valence-electron chi connectivity index (χ4n) is 2.89. The molecule has 3 aromatic carbocycles. The molecule has 3 aromatic rings. The van der Waals surface area contributed by atoms with Crippen LogP contribution in [0.3, 0.4) is 0 Å². The number of halogens is 1. The Morgan fingerprint density at radius 1 is 1.00 bits per heavy atom. The van der Waals surface area contributed by atoms with E-state index in [4.69, 9.17) is 0 Å². The van der Waals surface area contributed by atoms with Gasteiger partial charge in [-0.25, -0.2) is 4.39 Å². The van der Waals surface area contributed by atoms with Gasteiger partial charge in [0, 0.05) is 19.7 Å². The van der Waals surface area contributed by atoms with Gasteiger partial charge in [0.1, 0.15) is 11.6 Å². The Labute approximate surface area is 158 Å². The lowest BCUT2D eigenvalue weighted by Gasteiger charge is -2.14. The SMILES string of the molecule is CN(C)c1ccc(C=CC(=O)c2ccccc2-c2cccc(F)c2)cc1O. The number of benzene rings is 3. The summed E-state index contributed by atoms with van der Waals surface area (Å²) >= 11 is 0. The van der Waals surface area contributed by atoms with E-state index in [0.717, 1.165) is 5.56 Å². The molecule has 0 saturated carbocycles. The maximum Gasteiger partial charge on any atom is 0.186 e. The van der Waals surface area contributed by atoms with Crippen LogP contribution in [0.5, 0.6) is 5.75 Å². The van der Waals surface area contributed by atoms with E-state index < -0.39 is 0 Å². The maximum atomic E-state index is 13.6. The molecule has 27 heavy (non-hydrogen) atoms. The molecular weight excluding hydrogens is 341 g/mol. The standard InChI is InChI=1S/C23H20FNO2/c1-25(2)21-12-10-16(14-23(21)27)11-13-22(26)20-9-4-3-8-19(20)17-6-5-7-18(24)15-17/h3-15,27H,1-2H3. The minimum atomic E-state index is -0.346. The normalized spacial score (nSPS) is 10.9. The molecule has 0 unspecified atom stereocenters. The van der Waals surface area contributed by atoms with Gasteiger partial charge in [0.05, 0.1) is 5.69 Å². The average molecular weight is 361 g/mol. The van der Waals surface area contributed by atoms with E-state index in [1.807, 2.05) is 31.1 Å². The number of anilines is 1. The van der Waals surface area contributed by atoms with Gasteiger partial charge in [-0.1, -0.05) is 48.5 Å². The topological polar surface area (TPSA) is 40.5 Å². The summed E-state index contributed by atoms with van der Waals surface area (Å²) in [6.07, 6.45) is 3.12. The van der Waals surface area contributed by atoms with Gasteiger partial charge in [0.15, 0.2) is 5.78 Å². The van der Waals surface area contributed by atoms with Crippen LogP contribution >= 0.6 is 0 Å². The molecule has 0 saturated heterocycles. The van der Waals surface area contributed by atoms with E-state index in [-0.39, 0.29) is 17.3 Å². The van der Waals surface area contributed by atoms with Crippen LogP contribution in [0.4, 0.5) is 10.1 Å². The van der Waals surface area contributed by atoms with Crippen LogP contribution in [0.1, 0.15) is 15.9 Å². The lowest BCUT2D eigenvalue weighted by atomic mass is 9.96. The first-order valence-corrected chi connectivity index (χ1v) is 8.53. The highest BCUT2D eigenvalue weighted by molar-refractivity contribution is 6.11. The van der Waals surface area contributed by atoms with Crippen LogP contribution in [0.15, 0.2) is 72.8 Å². The summed E-state index contributed by atoms with van der Waals surface area (Å²) in [5.74, 6) is -0.387. The van der Waals surface area contributed by atoms with E-state index in [2.05, 4.69) is 0 Å². The van der Waals surface area contributed by atoms with Crippen molar-refractivity contribution in [3.05, 3.63) is 89.8 Å². The third-order valence-corrected chi connectivity index (χ3v) is 4.24. The first kappa shape index (κ1) is 18.4. The predicted molar refractivity (Wildman–Crippen MR) is 108 cm³/mol. The van der Waals surface area contributed by atoms with Crippen molar-refractivity contribution in [2.24, 2.45) is 0 Å². The van der Waals surface area contributed by atoms with Crippen LogP contribution in [-0.2, 0) is 0 Å². The summed E-state index contributed by atoms with van der Waals surface area (Å²) in [4.78, 5) is 14.5. The molecule has 0 spiro atoms. The molecule has 4 heteroatoms. The second kappa shape index (κ2) is 7.87. The molecule has 0 heterocycles. The molecule has 0 amide bonds. The molecule has 136 valence electrons. The molecule has 1 N–H and O–H groups in total. The van der Waals surface area contributed by atoms with Gasteiger partial charge in [-0.3, -0.25) is 4.79 Å². The number of nitrogens with zero attached hydrogens (tertiary/aromatic N) is 1. The Morgan fingerprint density at radius 2 is 1.78 bits per heavy atom. The average Bonchev–Trinajstić information content (AvgIpc) is 2.66. The minimum Gasteiger partial charge on any atom is -0.506 e. The Balaban J connectivity index is 1.89. The lowest BCUT2D eigenvalue weighted by Crippen LogP contribution is -2.08. The zero-order valence-electron chi connectivity index (χ0n) is 15.2. The van der Waals surface area contributed by atoms with Gasteiger partial charge in [0.25, 0.3) is 0 Å². The second-order valence-electron chi connectivity index (χ2n) is 6.40. The van der Waals surface area contributed by atoms with Crippen molar-refractivity contribution < 1.29 is 14.3 Å². The van der Waals surface area contributed by atoms with Crippen LogP contribution in [0.25, 0.3) is 17.2 Å². The predicted octanol–water partition coefficient (Wildman–Crippen LogP) is 5.16. The molecule has 0 aliphatic carbocycles. The second-order valence-corrected chi connectivity index (χ2v) is 6.40. The first-order chi connectivity index (χ1) is 13.0. The number of carbonyl (C=O) groups excluding carboxylic acids is 1. The number of hydrogen-bond donors (Lipinski definition) is 1. The molecule has 0 bridgehead atoms. The zero-order valence-corrected chi connectivity index (χ0v) is 15.2. The Kier molecular flexibility index (Phi) is 5.36. The van der Waals surface area contributed by atoms with Gasteiger partial charge in [-0.05, 0) is 47.0 Å². The van der Waals surface area contributed by atoms with E-state index in [1.165, 1.54) is 18.2 Å². The Morgan fingerprint density at radius 3 is 2.48 bits per heavy atom. The molecule has 0 atom stereocenters. The maximum absolute atomic E-state index is 13.6. The number of hydrogen-bond acceptors (Lipinski definition) is 3. The molecule has 3 nitrogen and oxygen atoms in total. The third kappa shape index (κ3) is 4.23. The smallest absolute Gasteiger partial charge is 0.186 e. The highest BCUT2D eigenvalue weighted by Gasteiger charge is 2.11. The van der Waals surface area contributed by atoms with E-state index >= 15 is 0 Å². The van der Waals surface area contributed by atoms with Crippen LogP contribution < -0.4 is 4.90 Å². The lowest BCUT2D eigenvalue weighted by molar-refractivity contribution is 0.104. The summed E-state index contributed by atoms with van der Waals surface area (Å²) in [7, 11) is 3.69. The van der Waals surface area contributed by atoms with Crippen molar-refractivity contribution in [1.29, 1.82) is 0 Å².